The van der Waals surface area contributed by atoms with Crippen molar-refractivity contribution in [2.75, 3.05) is 14.2 Å². The van der Waals surface area contributed by atoms with Gasteiger partial charge in [-0.05, 0) is 71.2 Å². The topological polar surface area (TPSA) is 96.8 Å². The fraction of sp³-hybridized carbons (Fsp3) is 0.250. The highest BCUT2D eigenvalue weighted by Gasteiger charge is 2.32. The quantitative estimate of drug-likeness (QED) is 0.185. The van der Waals surface area contributed by atoms with Gasteiger partial charge in [0, 0.05) is 0 Å². The van der Waals surface area contributed by atoms with Gasteiger partial charge in [0.25, 0.3) is 0 Å². The molecule has 0 fully saturated rings. The Labute approximate surface area is 252 Å². The van der Waals surface area contributed by atoms with Crippen molar-refractivity contribution in [3.05, 3.63) is 92.0 Å². The average molecular weight is 605 g/mol. The van der Waals surface area contributed by atoms with E-state index in [-0.39, 0.29) is 56.9 Å². The first-order valence-corrected chi connectivity index (χ1v) is 14.2. The Hall–Kier alpha value is -4.14. The monoisotopic (exact) mass is 604 g/mol. The maximum atomic E-state index is 11.3. The third kappa shape index (κ3) is 4.95. The smallest absolute Gasteiger partial charge is 0.236 e. The summed E-state index contributed by atoms with van der Waals surface area (Å²) in [5.74, 6) is 0.797. The highest BCUT2D eigenvalue weighted by molar-refractivity contribution is 6.32. The van der Waals surface area contributed by atoms with Gasteiger partial charge in [0.05, 0.1) is 25.3 Å². The second-order valence-electron chi connectivity index (χ2n) is 10.0. The number of nitrogens with zero attached hydrogens (tertiary/aromatic N) is 2. The van der Waals surface area contributed by atoms with Crippen LogP contribution in [0.2, 0.25) is 10.0 Å². The second kappa shape index (κ2) is 11.6. The van der Waals surface area contributed by atoms with Crippen molar-refractivity contribution in [2.45, 2.75) is 37.9 Å². The van der Waals surface area contributed by atoms with Crippen LogP contribution in [-0.2, 0) is 12.8 Å². The van der Waals surface area contributed by atoms with Crippen LogP contribution in [0, 0.1) is 0 Å². The molecule has 0 saturated carbocycles. The van der Waals surface area contributed by atoms with Crippen LogP contribution in [0.4, 0.5) is 0 Å². The molecule has 0 aliphatic heterocycles. The van der Waals surface area contributed by atoms with Gasteiger partial charge in [0.1, 0.15) is 22.3 Å². The molecular weight excluding hydrogens is 579 g/mol. The number of pyridine rings is 2. The van der Waals surface area contributed by atoms with Gasteiger partial charge >= 0.3 is 0 Å². The van der Waals surface area contributed by atoms with E-state index in [0.29, 0.717) is 12.6 Å². The Bertz CT molecular complexity index is 1580. The summed E-state index contributed by atoms with van der Waals surface area (Å²) in [7, 11) is 2.90. The fourth-order valence-corrected chi connectivity index (χ4v) is 6.26. The predicted molar refractivity (Wildman–Crippen MR) is 158 cm³/mol. The minimum absolute atomic E-state index is 0.169. The number of hydrogen-bond acceptors (Lipinski definition) is 8. The van der Waals surface area contributed by atoms with Crippen LogP contribution in [-0.4, -0.2) is 36.8 Å². The van der Waals surface area contributed by atoms with Gasteiger partial charge in [0.15, 0.2) is 12.6 Å². The van der Waals surface area contributed by atoms with E-state index in [2.05, 4.69) is 34.2 Å². The molecule has 0 radical (unpaired) electrons. The molecule has 2 aliphatic carbocycles. The van der Waals surface area contributed by atoms with Crippen molar-refractivity contribution in [2.24, 2.45) is 0 Å². The van der Waals surface area contributed by atoms with Gasteiger partial charge in [-0.15, -0.1) is 0 Å². The van der Waals surface area contributed by atoms with E-state index < -0.39 is 0 Å². The molecular formula is C32H26Cl2N2O6. The molecule has 2 aromatic carbocycles. The molecule has 6 rings (SSSR count). The Kier molecular flexibility index (Phi) is 7.75. The van der Waals surface area contributed by atoms with Crippen LogP contribution in [0.3, 0.4) is 0 Å². The normalized spacial score (nSPS) is 16.9. The molecule has 8 nitrogen and oxygen atoms in total. The van der Waals surface area contributed by atoms with Crippen molar-refractivity contribution in [1.29, 1.82) is 0 Å². The Morgan fingerprint density at radius 2 is 1.12 bits per heavy atom. The Morgan fingerprint density at radius 3 is 1.50 bits per heavy atom. The summed E-state index contributed by atoms with van der Waals surface area (Å²) in [6, 6.07) is 15.5. The van der Waals surface area contributed by atoms with Crippen LogP contribution >= 0.6 is 23.2 Å². The fourth-order valence-electron chi connectivity index (χ4n) is 5.85. The van der Waals surface area contributed by atoms with E-state index in [1.54, 1.807) is 0 Å². The van der Waals surface area contributed by atoms with Crippen LogP contribution in [0.25, 0.3) is 11.1 Å². The highest BCUT2D eigenvalue weighted by atomic mass is 35.5. The molecule has 214 valence electrons. The number of carbonyl (C=O) groups excluding carboxylic acids is 2. The second-order valence-corrected chi connectivity index (χ2v) is 10.8. The lowest BCUT2D eigenvalue weighted by Crippen LogP contribution is -2.07. The predicted octanol–water partition coefficient (Wildman–Crippen LogP) is 7.23. The SMILES string of the molecule is COc1nc(OC2CCc3c(-c4cccc5c4CC[C@@H]5Oc4nc(OC)c(C=O)cc4Cl)cccc32)c(Cl)cc1C=O. The Balaban J connectivity index is 1.30. The van der Waals surface area contributed by atoms with E-state index in [1.165, 1.54) is 37.5 Å². The molecule has 2 heterocycles. The summed E-state index contributed by atoms with van der Waals surface area (Å²) in [5, 5.41) is 0.505. The van der Waals surface area contributed by atoms with Crippen LogP contribution < -0.4 is 18.9 Å². The summed E-state index contributed by atoms with van der Waals surface area (Å²) in [6.07, 6.45) is 3.96. The van der Waals surface area contributed by atoms with Crippen molar-refractivity contribution >= 4 is 35.8 Å². The molecule has 4 aromatic rings. The van der Waals surface area contributed by atoms with E-state index in [1.807, 2.05) is 12.1 Å². The summed E-state index contributed by atoms with van der Waals surface area (Å²) in [4.78, 5) is 31.3. The number of fused-ring (bicyclic) bond motifs is 2. The standard InChI is InChI=1S/C32H26Cl2N2O6/c1-39-29-17(15-37)13-25(33)31(35-29)41-27-11-9-21-19(5-3-7-23(21)27)20-6-4-8-24-22(20)10-12-28(24)42-32-26(34)14-18(16-38)30(36-32)40-2/h3-8,13-16,27-28H,9-12H2,1-2H3/t27-,28?/m0/s1. The van der Waals surface area contributed by atoms with E-state index in [4.69, 9.17) is 42.1 Å². The Morgan fingerprint density at radius 1 is 0.690 bits per heavy atom. The molecule has 0 spiro atoms. The van der Waals surface area contributed by atoms with Crippen molar-refractivity contribution < 1.29 is 28.5 Å². The lowest BCUT2D eigenvalue weighted by molar-refractivity contribution is 0.111. The minimum atomic E-state index is -0.248. The number of aldehydes is 2. The van der Waals surface area contributed by atoms with E-state index >= 15 is 0 Å². The molecule has 42 heavy (non-hydrogen) atoms. The molecule has 10 heteroatoms. The summed E-state index contributed by atoms with van der Waals surface area (Å²) >= 11 is 12.8. The molecule has 0 N–H and O–H groups in total. The lowest BCUT2D eigenvalue weighted by Gasteiger charge is -2.18. The van der Waals surface area contributed by atoms with E-state index in [0.717, 1.165) is 47.9 Å². The molecule has 2 atom stereocenters. The number of carbonyl (C=O) groups is 2. The third-order valence-electron chi connectivity index (χ3n) is 7.74. The zero-order valence-electron chi connectivity index (χ0n) is 22.9. The molecule has 1 unspecified atom stereocenters. The first-order valence-electron chi connectivity index (χ1n) is 13.4. The molecule has 0 saturated heterocycles. The number of rotatable bonds is 9. The zero-order chi connectivity index (χ0) is 29.4. The van der Waals surface area contributed by atoms with Gasteiger partial charge in [-0.3, -0.25) is 9.59 Å². The van der Waals surface area contributed by atoms with Crippen LogP contribution in [0.1, 0.15) is 68.0 Å². The molecule has 0 amide bonds. The third-order valence-corrected chi connectivity index (χ3v) is 8.28. The number of aromatic nitrogens is 2. The van der Waals surface area contributed by atoms with E-state index in [9.17, 15) is 9.59 Å². The summed E-state index contributed by atoms with van der Waals surface area (Å²) in [6.45, 7) is 0. The number of benzene rings is 2. The van der Waals surface area contributed by atoms with Crippen LogP contribution in [0.15, 0.2) is 48.5 Å². The van der Waals surface area contributed by atoms with Gasteiger partial charge in [-0.1, -0.05) is 59.6 Å². The first kappa shape index (κ1) is 28.0. The number of halogens is 2. The summed E-state index contributed by atoms with van der Waals surface area (Å²) in [5.41, 5.74) is 7.41. The number of hydrogen-bond donors (Lipinski definition) is 0. The van der Waals surface area contributed by atoms with Crippen molar-refractivity contribution in [3.8, 4) is 34.6 Å². The highest BCUT2D eigenvalue weighted by Crippen LogP contribution is 2.46. The first-order chi connectivity index (χ1) is 20.4. The number of methoxy groups -OCH3 is 2. The molecule has 0 bridgehead atoms. The van der Waals surface area contributed by atoms with Crippen molar-refractivity contribution in [3.63, 3.8) is 0 Å². The maximum Gasteiger partial charge on any atom is 0.236 e. The van der Waals surface area contributed by atoms with Crippen molar-refractivity contribution in [1.82, 2.24) is 9.97 Å². The molecule has 2 aliphatic rings. The van der Waals surface area contributed by atoms with Crippen LogP contribution in [0.5, 0.6) is 23.5 Å². The maximum absolute atomic E-state index is 11.3. The lowest BCUT2D eigenvalue weighted by atomic mass is 9.91. The zero-order valence-corrected chi connectivity index (χ0v) is 24.4. The summed E-state index contributed by atoms with van der Waals surface area (Å²) < 4.78 is 23.0. The van der Waals surface area contributed by atoms with Gasteiger partial charge in [0.2, 0.25) is 23.5 Å². The van der Waals surface area contributed by atoms with Gasteiger partial charge in [-0.25, -0.2) is 0 Å². The number of ether oxygens (including phenoxy) is 4. The average Bonchev–Trinajstić information content (AvgIpc) is 3.62. The minimum Gasteiger partial charge on any atom is -0.480 e. The largest absolute Gasteiger partial charge is 0.480 e. The van der Waals surface area contributed by atoms with Gasteiger partial charge < -0.3 is 18.9 Å². The van der Waals surface area contributed by atoms with Gasteiger partial charge in [-0.2, -0.15) is 9.97 Å². The molecule has 2 aromatic heterocycles.